The summed E-state index contributed by atoms with van der Waals surface area (Å²) in [5.74, 6) is -1.34. The van der Waals surface area contributed by atoms with E-state index in [4.69, 9.17) is 9.84 Å². The fourth-order valence-corrected chi connectivity index (χ4v) is 2.19. The number of carbonyl (C=O) groups is 2. The lowest BCUT2D eigenvalue weighted by Crippen LogP contribution is -2.54. The molecule has 1 unspecified atom stereocenters. The zero-order valence-electron chi connectivity index (χ0n) is 8.99. The summed E-state index contributed by atoms with van der Waals surface area (Å²) in [4.78, 5) is 21.2. The van der Waals surface area contributed by atoms with Crippen molar-refractivity contribution >= 4 is 23.7 Å². The molecular formula is C9H15NO4S. The molecular weight excluding hydrogens is 218 g/mol. The number of hydrogen-bond acceptors (Lipinski definition) is 5. The Bertz CT molecular complexity index is 278. The Balaban J connectivity index is 2.82. The molecule has 86 valence electrons. The predicted molar refractivity (Wildman–Crippen MR) is 56.7 cm³/mol. The summed E-state index contributed by atoms with van der Waals surface area (Å²) in [7, 11) is 0. The van der Waals surface area contributed by atoms with Gasteiger partial charge in [0.1, 0.15) is 5.60 Å². The maximum Gasteiger partial charge on any atom is 0.349 e. The minimum Gasteiger partial charge on any atom is -0.479 e. The minimum atomic E-state index is -1.62. The van der Waals surface area contributed by atoms with Crippen LogP contribution in [0.25, 0.3) is 0 Å². The number of rotatable bonds is 2. The molecule has 0 amide bonds. The van der Waals surface area contributed by atoms with Crippen LogP contribution < -0.4 is 5.32 Å². The lowest BCUT2D eigenvalue weighted by atomic mass is 10.2. The van der Waals surface area contributed by atoms with Crippen molar-refractivity contribution in [2.24, 2.45) is 0 Å². The molecule has 0 spiro atoms. The van der Waals surface area contributed by atoms with Crippen LogP contribution >= 0.6 is 11.8 Å². The van der Waals surface area contributed by atoms with Gasteiger partial charge in [0.25, 0.3) is 4.87 Å². The van der Waals surface area contributed by atoms with Crippen LogP contribution in [0, 0.1) is 0 Å². The number of carboxylic acid groups (broad SMARTS) is 1. The first kappa shape index (κ1) is 12.3. The minimum absolute atomic E-state index is 0.496. The maximum atomic E-state index is 11.7. The van der Waals surface area contributed by atoms with Crippen LogP contribution in [0.5, 0.6) is 0 Å². The Hall–Kier alpha value is -0.750. The standard InChI is InChI=1S/C9H15NO4S/c1-8(2,3)14-7(13)9(6(11)12)10-4-5-15-9/h10H,4-5H2,1-3H3,(H,11,12). The van der Waals surface area contributed by atoms with Gasteiger partial charge in [-0.1, -0.05) is 0 Å². The normalized spacial score (nSPS) is 26.3. The molecule has 1 rings (SSSR count). The van der Waals surface area contributed by atoms with E-state index in [1.165, 1.54) is 0 Å². The Labute approximate surface area is 92.6 Å². The number of aliphatic carboxylic acids is 1. The van der Waals surface area contributed by atoms with Crippen LogP contribution in [-0.2, 0) is 14.3 Å². The summed E-state index contributed by atoms with van der Waals surface area (Å²) in [6, 6.07) is 0. The summed E-state index contributed by atoms with van der Waals surface area (Å²) in [6.07, 6.45) is 0. The van der Waals surface area contributed by atoms with Gasteiger partial charge in [0.15, 0.2) is 0 Å². The molecule has 1 aliphatic rings. The van der Waals surface area contributed by atoms with Crippen LogP contribution in [0.3, 0.4) is 0 Å². The first-order valence-electron chi connectivity index (χ1n) is 4.64. The topological polar surface area (TPSA) is 75.6 Å². The van der Waals surface area contributed by atoms with E-state index < -0.39 is 22.4 Å². The van der Waals surface area contributed by atoms with E-state index in [0.717, 1.165) is 11.8 Å². The van der Waals surface area contributed by atoms with Crippen LogP contribution in [0.4, 0.5) is 0 Å². The Morgan fingerprint density at radius 1 is 1.47 bits per heavy atom. The molecule has 0 saturated carbocycles. The van der Waals surface area contributed by atoms with Gasteiger partial charge in [0.2, 0.25) is 0 Å². The largest absolute Gasteiger partial charge is 0.479 e. The van der Waals surface area contributed by atoms with Crippen molar-refractivity contribution in [3.63, 3.8) is 0 Å². The number of carboxylic acids is 1. The molecule has 1 heterocycles. The van der Waals surface area contributed by atoms with Crippen molar-refractivity contribution in [1.29, 1.82) is 0 Å². The van der Waals surface area contributed by atoms with Crippen molar-refractivity contribution in [2.45, 2.75) is 31.2 Å². The number of thioether (sulfide) groups is 1. The molecule has 0 aromatic rings. The third kappa shape index (κ3) is 2.63. The molecule has 5 nitrogen and oxygen atoms in total. The highest BCUT2D eigenvalue weighted by Gasteiger charge is 2.52. The number of ether oxygens (including phenoxy) is 1. The van der Waals surface area contributed by atoms with E-state index in [2.05, 4.69) is 5.32 Å². The van der Waals surface area contributed by atoms with E-state index in [-0.39, 0.29) is 0 Å². The maximum absolute atomic E-state index is 11.7. The molecule has 2 N–H and O–H groups in total. The molecule has 1 fully saturated rings. The average Bonchev–Trinajstić information content (AvgIpc) is 2.48. The second kappa shape index (κ2) is 4.02. The molecule has 0 aromatic heterocycles. The van der Waals surface area contributed by atoms with E-state index in [1.54, 1.807) is 20.8 Å². The smallest absolute Gasteiger partial charge is 0.349 e. The first-order valence-corrected chi connectivity index (χ1v) is 5.62. The van der Waals surface area contributed by atoms with E-state index in [0.29, 0.717) is 12.3 Å². The van der Waals surface area contributed by atoms with Crippen LogP contribution in [0.1, 0.15) is 20.8 Å². The Morgan fingerprint density at radius 3 is 2.40 bits per heavy atom. The predicted octanol–water partition coefficient (Wildman–Crippen LogP) is 0.445. The zero-order valence-corrected chi connectivity index (χ0v) is 9.81. The van der Waals surface area contributed by atoms with Gasteiger partial charge in [-0.2, -0.15) is 0 Å². The van der Waals surface area contributed by atoms with Gasteiger partial charge >= 0.3 is 11.9 Å². The molecule has 0 bridgehead atoms. The summed E-state index contributed by atoms with van der Waals surface area (Å²) in [5, 5.41) is 11.7. The van der Waals surface area contributed by atoms with Crippen molar-refractivity contribution < 1.29 is 19.4 Å². The second-order valence-electron chi connectivity index (χ2n) is 4.26. The molecule has 15 heavy (non-hydrogen) atoms. The van der Waals surface area contributed by atoms with Gasteiger partial charge in [0, 0.05) is 12.3 Å². The van der Waals surface area contributed by atoms with E-state index in [1.807, 2.05) is 0 Å². The molecule has 1 saturated heterocycles. The van der Waals surface area contributed by atoms with Crippen molar-refractivity contribution in [3.05, 3.63) is 0 Å². The van der Waals surface area contributed by atoms with E-state index >= 15 is 0 Å². The van der Waals surface area contributed by atoms with Gasteiger partial charge in [0.05, 0.1) is 0 Å². The highest BCUT2D eigenvalue weighted by Crippen LogP contribution is 2.30. The summed E-state index contributed by atoms with van der Waals surface area (Å²) in [5.41, 5.74) is -0.676. The second-order valence-corrected chi connectivity index (χ2v) is 5.57. The highest BCUT2D eigenvalue weighted by atomic mass is 32.2. The van der Waals surface area contributed by atoms with Crippen LogP contribution in [0.2, 0.25) is 0 Å². The summed E-state index contributed by atoms with van der Waals surface area (Å²) >= 11 is 1.06. The fourth-order valence-electron chi connectivity index (χ4n) is 1.19. The van der Waals surface area contributed by atoms with Gasteiger partial charge in [-0.15, -0.1) is 11.8 Å². The SMILES string of the molecule is CC(C)(C)OC(=O)C1(C(=O)O)NCCS1. The van der Waals surface area contributed by atoms with Gasteiger partial charge in [-0.3, -0.25) is 5.32 Å². The van der Waals surface area contributed by atoms with Crippen molar-refractivity contribution in [2.75, 3.05) is 12.3 Å². The highest BCUT2D eigenvalue weighted by molar-refractivity contribution is 8.02. The van der Waals surface area contributed by atoms with Gasteiger partial charge in [-0.05, 0) is 20.8 Å². The molecule has 1 aliphatic heterocycles. The third-order valence-corrected chi connectivity index (χ3v) is 3.11. The Kier molecular flexibility index (Phi) is 3.30. The summed E-state index contributed by atoms with van der Waals surface area (Å²) in [6.45, 7) is 5.62. The quantitative estimate of drug-likeness (QED) is 0.532. The molecule has 1 atom stereocenters. The number of carbonyl (C=O) groups excluding carboxylic acids is 1. The monoisotopic (exact) mass is 233 g/mol. The molecule has 0 aromatic carbocycles. The summed E-state index contributed by atoms with van der Waals surface area (Å²) < 4.78 is 5.08. The van der Waals surface area contributed by atoms with Crippen molar-refractivity contribution in [1.82, 2.24) is 5.32 Å². The number of hydrogen-bond donors (Lipinski definition) is 2. The van der Waals surface area contributed by atoms with Crippen LogP contribution in [-0.4, -0.2) is 39.8 Å². The van der Waals surface area contributed by atoms with E-state index in [9.17, 15) is 9.59 Å². The fraction of sp³-hybridized carbons (Fsp3) is 0.778. The molecule has 0 radical (unpaired) electrons. The molecule has 0 aliphatic carbocycles. The first-order chi connectivity index (χ1) is 6.78. The van der Waals surface area contributed by atoms with Crippen LogP contribution in [0.15, 0.2) is 0 Å². The lowest BCUT2D eigenvalue weighted by molar-refractivity contribution is -0.165. The van der Waals surface area contributed by atoms with Crippen molar-refractivity contribution in [3.8, 4) is 0 Å². The zero-order chi connectivity index (χ0) is 11.7. The Morgan fingerprint density at radius 2 is 2.07 bits per heavy atom. The lowest BCUT2D eigenvalue weighted by Gasteiger charge is -2.27. The molecule has 6 heteroatoms. The number of esters is 1. The number of nitrogens with one attached hydrogen (secondary N) is 1. The third-order valence-electron chi connectivity index (χ3n) is 1.78. The average molecular weight is 233 g/mol. The van der Waals surface area contributed by atoms with Gasteiger partial charge in [-0.25, -0.2) is 9.59 Å². The van der Waals surface area contributed by atoms with Gasteiger partial charge < -0.3 is 9.84 Å².